The van der Waals surface area contributed by atoms with Crippen LogP contribution in [-0.2, 0) is 11.2 Å². The molecule has 0 saturated carbocycles. The van der Waals surface area contributed by atoms with Crippen molar-refractivity contribution in [3.63, 3.8) is 0 Å². The van der Waals surface area contributed by atoms with Crippen LogP contribution in [0, 0.1) is 11.3 Å². The number of rotatable bonds is 6. The largest absolute Gasteiger partial charge is 0.382 e. The number of amides is 1. The van der Waals surface area contributed by atoms with Crippen LogP contribution in [0.25, 0.3) is 5.69 Å². The summed E-state index contributed by atoms with van der Waals surface area (Å²) in [6.07, 6.45) is 5.11. The highest BCUT2D eigenvalue weighted by Gasteiger charge is 2.09. The summed E-state index contributed by atoms with van der Waals surface area (Å²) in [5, 5.41) is 15.9. The zero-order valence-corrected chi connectivity index (χ0v) is 14.1. The summed E-state index contributed by atoms with van der Waals surface area (Å²) < 4.78 is 1.48. The van der Waals surface area contributed by atoms with Crippen LogP contribution in [0.5, 0.6) is 0 Å². The molecule has 1 aromatic carbocycles. The van der Waals surface area contributed by atoms with Crippen molar-refractivity contribution in [2.24, 2.45) is 0 Å². The van der Waals surface area contributed by atoms with Crippen molar-refractivity contribution < 1.29 is 4.79 Å². The number of hydrogen-bond acceptors (Lipinski definition) is 5. The van der Waals surface area contributed by atoms with Gasteiger partial charge in [0.1, 0.15) is 17.5 Å². The molecule has 7 heteroatoms. The van der Waals surface area contributed by atoms with Gasteiger partial charge in [-0.3, -0.25) is 9.78 Å². The van der Waals surface area contributed by atoms with Gasteiger partial charge in [0.15, 0.2) is 0 Å². The third kappa shape index (κ3) is 4.05. The van der Waals surface area contributed by atoms with Crippen LogP contribution >= 0.6 is 0 Å². The Labute approximate surface area is 151 Å². The van der Waals surface area contributed by atoms with Crippen molar-refractivity contribution >= 4 is 17.4 Å². The highest BCUT2D eigenvalue weighted by Crippen LogP contribution is 2.18. The Morgan fingerprint density at radius 1 is 1.23 bits per heavy atom. The average molecular weight is 346 g/mol. The number of hydrogen-bond donors (Lipinski definition) is 2. The number of aryl methyl sites for hydroxylation is 1. The highest BCUT2D eigenvalue weighted by molar-refractivity contribution is 5.90. The monoisotopic (exact) mass is 346 g/mol. The first-order valence-corrected chi connectivity index (χ1v) is 8.21. The van der Waals surface area contributed by atoms with Crippen LogP contribution in [-0.4, -0.2) is 20.7 Å². The van der Waals surface area contributed by atoms with Crippen molar-refractivity contribution in [2.45, 2.75) is 19.3 Å². The second-order valence-electron chi connectivity index (χ2n) is 5.74. The minimum absolute atomic E-state index is 0.0425. The molecular formula is C19H18N6O. The molecule has 26 heavy (non-hydrogen) atoms. The SMILES string of the molecule is N#Cc1cnn(-c2ccc(NC(=O)CCCc3ccccn3)cc2)c1N. The summed E-state index contributed by atoms with van der Waals surface area (Å²) in [4.78, 5) is 16.3. The van der Waals surface area contributed by atoms with Crippen molar-refractivity contribution in [1.29, 1.82) is 5.26 Å². The predicted octanol–water partition coefficient (Wildman–Crippen LogP) is 2.68. The molecule has 0 aliphatic carbocycles. The van der Waals surface area contributed by atoms with Gasteiger partial charge in [0.2, 0.25) is 5.91 Å². The maximum absolute atomic E-state index is 12.0. The molecule has 0 radical (unpaired) electrons. The van der Waals surface area contributed by atoms with E-state index in [2.05, 4.69) is 15.4 Å². The van der Waals surface area contributed by atoms with E-state index in [1.165, 1.54) is 10.9 Å². The van der Waals surface area contributed by atoms with Gasteiger partial charge >= 0.3 is 0 Å². The summed E-state index contributed by atoms with van der Waals surface area (Å²) in [5.41, 5.74) is 8.60. The van der Waals surface area contributed by atoms with E-state index in [0.717, 1.165) is 24.2 Å². The fourth-order valence-electron chi connectivity index (χ4n) is 2.54. The van der Waals surface area contributed by atoms with E-state index in [4.69, 9.17) is 11.0 Å². The van der Waals surface area contributed by atoms with E-state index in [0.29, 0.717) is 23.5 Å². The minimum atomic E-state index is -0.0425. The van der Waals surface area contributed by atoms with Gasteiger partial charge in [-0.25, -0.2) is 4.68 Å². The molecule has 0 aliphatic rings. The van der Waals surface area contributed by atoms with Gasteiger partial charge in [-0.2, -0.15) is 10.4 Å². The van der Waals surface area contributed by atoms with E-state index in [9.17, 15) is 4.79 Å². The van der Waals surface area contributed by atoms with Crippen molar-refractivity contribution in [3.8, 4) is 11.8 Å². The quantitative estimate of drug-likeness (QED) is 0.713. The molecule has 7 nitrogen and oxygen atoms in total. The highest BCUT2D eigenvalue weighted by atomic mass is 16.1. The van der Waals surface area contributed by atoms with Crippen LogP contribution in [0.3, 0.4) is 0 Å². The molecular weight excluding hydrogens is 328 g/mol. The molecule has 3 rings (SSSR count). The fraction of sp³-hybridized carbons (Fsp3) is 0.158. The molecule has 3 N–H and O–H groups in total. The molecule has 130 valence electrons. The number of nitriles is 1. The lowest BCUT2D eigenvalue weighted by atomic mass is 10.1. The predicted molar refractivity (Wildman–Crippen MR) is 98.5 cm³/mol. The van der Waals surface area contributed by atoms with Gasteiger partial charge in [-0.15, -0.1) is 0 Å². The number of pyridine rings is 1. The second kappa shape index (κ2) is 7.94. The average Bonchev–Trinajstić information content (AvgIpc) is 3.04. The summed E-state index contributed by atoms with van der Waals surface area (Å²) in [6.45, 7) is 0. The number of anilines is 2. The lowest BCUT2D eigenvalue weighted by Crippen LogP contribution is -2.11. The number of nitrogen functional groups attached to an aromatic ring is 1. The molecule has 0 aliphatic heterocycles. The van der Waals surface area contributed by atoms with Crippen LogP contribution in [0.1, 0.15) is 24.1 Å². The van der Waals surface area contributed by atoms with E-state index in [-0.39, 0.29) is 5.91 Å². The Morgan fingerprint density at radius 3 is 2.69 bits per heavy atom. The molecule has 0 bridgehead atoms. The zero-order chi connectivity index (χ0) is 18.4. The van der Waals surface area contributed by atoms with Gasteiger partial charge < -0.3 is 11.1 Å². The summed E-state index contributed by atoms with van der Waals surface area (Å²) in [5.74, 6) is 0.248. The summed E-state index contributed by atoms with van der Waals surface area (Å²) >= 11 is 0. The molecule has 0 atom stereocenters. The van der Waals surface area contributed by atoms with E-state index in [1.54, 1.807) is 30.5 Å². The third-order valence-corrected chi connectivity index (χ3v) is 3.89. The molecule has 2 heterocycles. The molecule has 0 fully saturated rings. The van der Waals surface area contributed by atoms with Crippen LogP contribution in [0.15, 0.2) is 54.9 Å². The van der Waals surface area contributed by atoms with Crippen LogP contribution < -0.4 is 11.1 Å². The lowest BCUT2D eigenvalue weighted by Gasteiger charge is -2.08. The number of aromatic nitrogens is 3. The first-order valence-electron chi connectivity index (χ1n) is 8.21. The Hall–Kier alpha value is -3.66. The van der Waals surface area contributed by atoms with Gasteiger partial charge in [0, 0.05) is 24.0 Å². The number of carbonyl (C=O) groups is 1. The number of benzene rings is 1. The number of nitrogens with one attached hydrogen (secondary N) is 1. The Bertz CT molecular complexity index is 925. The maximum Gasteiger partial charge on any atom is 0.224 e. The van der Waals surface area contributed by atoms with Crippen LogP contribution in [0.4, 0.5) is 11.5 Å². The fourth-order valence-corrected chi connectivity index (χ4v) is 2.54. The molecule has 0 saturated heterocycles. The van der Waals surface area contributed by atoms with Gasteiger partial charge in [-0.1, -0.05) is 6.07 Å². The normalized spacial score (nSPS) is 10.3. The van der Waals surface area contributed by atoms with E-state index in [1.807, 2.05) is 24.3 Å². The summed E-state index contributed by atoms with van der Waals surface area (Å²) in [6, 6.07) is 14.9. The first-order chi connectivity index (χ1) is 12.7. The van der Waals surface area contributed by atoms with E-state index >= 15 is 0 Å². The van der Waals surface area contributed by atoms with Crippen molar-refractivity contribution in [2.75, 3.05) is 11.1 Å². The Balaban J connectivity index is 1.54. The molecule has 1 amide bonds. The number of carbonyl (C=O) groups excluding carboxylic acids is 1. The second-order valence-corrected chi connectivity index (χ2v) is 5.74. The first kappa shape index (κ1) is 17.2. The smallest absolute Gasteiger partial charge is 0.224 e. The third-order valence-electron chi connectivity index (χ3n) is 3.89. The number of nitrogens with zero attached hydrogens (tertiary/aromatic N) is 4. The minimum Gasteiger partial charge on any atom is -0.382 e. The van der Waals surface area contributed by atoms with E-state index < -0.39 is 0 Å². The van der Waals surface area contributed by atoms with Gasteiger partial charge in [0.25, 0.3) is 0 Å². The molecule has 3 aromatic rings. The van der Waals surface area contributed by atoms with Crippen molar-refractivity contribution in [1.82, 2.24) is 14.8 Å². The van der Waals surface area contributed by atoms with Crippen LogP contribution in [0.2, 0.25) is 0 Å². The van der Waals surface area contributed by atoms with Gasteiger partial charge in [0.05, 0.1) is 11.9 Å². The zero-order valence-electron chi connectivity index (χ0n) is 14.1. The topological polar surface area (TPSA) is 110 Å². The Kier molecular flexibility index (Phi) is 5.25. The molecule has 0 unspecified atom stereocenters. The standard InChI is InChI=1S/C19H18N6O/c20-12-14-13-23-25(19(14)21)17-9-7-16(8-10-17)24-18(26)6-3-5-15-4-1-2-11-22-15/h1-2,4,7-11,13H,3,5-6,21H2,(H,24,26). The lowest BCUT2D eigenvalue weighted by molar-refractivity contribution is -0.116. The Morgan fingerprint density at radius 2 is 2.04 bits per heavy atom. The van der Waals surface area contributed by atoms with Crippen molar-refractivity contribution in [3.05, 3.63) is 66.1 Å². The number of nitrogens with two attached hydrogens (primary N) is 1. The molecule has 2 aromatic heterocycles. The van der Waals surface area contributed by atoms with Gasteiger partial charge in [-0.05, 0) is 49.2 Å². The summed E-state index contributed by atoms with van der Waals surface area (Å²) in [7, 11) is 0. The maximum atomic E-state index is 12.0. The molecule has 0 spiro atoms.